The lowest BCUT2D eigenvalue weighted by molar-refractivity contribution is -0.142. The fourth-order valence-corrected chi connectivity index (χ4v) is 2.92. The summed E-state index contributed by atoms with van der Waals surface area (Å²) in [6, 6.07) is 3.11. The Labute approximate surface area is 139 Å². The van der Waals surface area contributed by atoms with Crippen molar-refractivity contribution in [3.8, 4) is 0 Å². The number of nitrogens with one attached hydrogen (secondary N) is 1. The van der Waals surface area contributed by atoms with Crippen LogP contribution in [-0.4, -0.2) is 38.2 Å². The molecule has 1 atom stereocenters. The fourth-order valence-electron chi connectivity index (χ4n) is 2.20. The molecule has 0 aromatic carbocycles. The summed E-state index contributed by atoms with van der Waals surface area (Å²) in [5.41, 5.74) is 2.93. The summed E-state index contributed by atoms with van der Waals surface area (Å²) < 4.78 is 1.96. The van der Waals surface area contributed by atoms with Crippen LogP contribution in [0.1, 0.15) is 25.1 Å². The third-order valence-corrected chi connectivity index (χ3v) is 4.35. The highest BCUT2D eigenvalue weighted by Gasteiger charge is 2.23. The van der Waals surface area contributed by atoms with Gasteiger partial charge in [-0.25, -0.2) is 9.78 Å². The number of amides is 1. The van der Waals surface area contributed by atoms with E-state index in [4.69, 9.17) is 5.11 Å². The SMILES string of the molecule is Cc1ccc2nc(CSCC(=O)N[C@H](C(=O)O)C(C)C)cn2c1. The molecule has 2 aromatic rings. The molecule has 0 radical (unpaired) electrons. The number of aromatic nitrogens is 2. The molecule has 2 heterocycles. The molecule has 0 saturated carbocycles. The zero-order valence-electron chi connectivity index (χ0n) is 13.4. The maximum Gasteiger partial charge on any atom is 0.326 e. The van der Waals surface area contributed by atoms with Crippen LogP contribution in [0.5, 0.6) is 0 Å². The lowest BCUT2D eigenvalue weighted by Crippen LogP contribution is -2.45. The van der Waals surface area contributed by atoms with Gasteiger partial charge in [-0.05, 0) is 24.5 Å². The molecule has 2 N–H and O–H groups in total. The van der Waals surface area contributed by atoms with Crippen molar-refractivity contribution in [2.45, 2.75) is 32.6 Å². The van der Waals surface area contributed by atoms with Crippen LogP contribution < -0.4 is 5.32 Å². The highest BCUT2D eigenvalue weighted by molar-refractivity contribution is 7.99. The van der Waals surface area contributed by atoms with E-state index in [-0.39, 0.29) is 17.6 Å². The number of rotatable bonds is 7. The Hall–Kier alpha value is -2.02. The lowest BCUT2D eigenvalue weighted by atomic mass is 10.1. The molecule has 23 heavy (non-hydrogen) atoms. The molecule has 2 aromatic heterocycles. The van der Waals surface area contributed by atoms with Crippen molar-refractivity contribution >= 4 is 29.3 Å². The Morgan fingerprint density at radius 1 is 1.35 bits per heavy atom. The Balaban J connectivity index is 1.85. The second-order valence-electron chi connectivity index (χ2n) is 5.82. The number of nitrogens with zero attached hydrogens (tertiary/aromatic N) is 2. The normalized spacial score (nSPS) is 12.5. The first-order chi connectivity index (χ1) is 10.9. The number of hydrogen-bond acceptors (Lipinski definition) is 4. The first kappa shape index (κ1) is 17.3. The minimum absolute atomic E-state index is 0.150. The number of pyridine rings is 1. The number of carboxylic acid groups (broad SMARTS) is 1. The number of carbonyl (C=O) groups is 2. The summed E-state index contributed by atoms with van der Waals surface area (Å²) >= 11 is 1.42. The molecule has 6 nitrogen and oxygen atoms in total. The quantitative estimate of drug-likeness (QED) is 0.809. The fraction of sp³-hybridized carbons (Fsp3) is 0.438. The second-order valence-corrected chi connectivity index (χ2v) is 6.81. The van der Waals surface area contributed by atoms with Crippen molar-refractivity contribution in [2.24, 2.45) is 5.92 Å². The number of carbonyl (C=O) groups excluding carboxylic acids is 1. The molecule has 7 heteroatoms. The van der Waals surface area contributed by atoms with Crippen LogP contribution in [-0.2, 0) is 15.3 Å². The predicted octanol–water partition coefficient (Wildman–Crippen LogP) is 2.10. The largest absolute Gasteiger partial charge is 0.480 e. The van der Waals surface area contributed by atoms with Gasteiger partial charge in [-0.3, -0.25) is 4.79 Å². The van der Waals surface area contributed by atoms with Gasteiger partial charge in [0.15, 0.2) is 0 Å². The van der Waals surface area contributed by atoms with Gasteiger partial charge in [0.05, 0.1) is 11.4 Å². The Morgan fingerprint density at radius 3 is 2.74 bits per heavy atom. The number of hydrogen-bond donors (Lipinski definition) is 2. The van der Waals surface area contributed by atoms with Gasteiger partial charge in [0.2, 0.25) is 5.91 Å². The zero-order valence-corrected chi connectivity index (χ0v) is 14.3. The molecule has 0 saturated heterocycles. The number of thioether (sulfide) groups is 1. The van der Waals surface area contributed by atoms with Gasteiger partial charge < -0.3 is 14.8 Å². The van der Waals surface area contributed by atoms with Crippen LogP contribution in [0.25, 0.3) is 5.65 Å². The van der Waals surface area contributed by atoms with Crippen molar-refractivity contribution in [3.05, 3.63) is 35.8 Å². The lowest BCUT2D eigenvalue weighted by Gasteiger charge is -2.17. The van der Waals surface area contributed by atoms with Gasteiger partial charge in [-0.2, -0.15) is 0 Å². The van der Waals surface area contributed by atoms with Gasteiger partial charge in [-0.1, -0.05) is 19.9 Å². The Kier molecular flexibility index (Phi) is 5.65. The molecule has 2 rings (SSSR count). The molecule has 0 fully saturated rings. The standard InChI is InChI=1S/C16H21N3O3S/c1-10(2)15(16(21)22)18-14(20)9-23-8-12-7-19-6-11(3)4-5-13(19)17-12/h4-7,10,15H,8-9H2,1-3H3,(H,18,20)(H,21,22)/t15-/m0/s1. The van der Waals surface area contributed by atoms with Crippen molar-refractivity contribution < 1.29 is 14.7 Å². The van der Waals surface area contributed by atoms with Crippen molar-refractivity contribution in [3.63, 3.8) is 0 Å². The predicted molar refractivity (Wildman–Crippen MR) is 90.5 cm³/mol. The first-order valence-corrected chi connectivity index (χ1v) is 8.56. The van der Waals surface area contributed by atoms with Crippen LogP contribution in [0, 0.1) is 12.8 Å². The molecule has 0 bridgehead atoms. The Bertz CT molecular complexity index is 712. The highest BCUT2D eigenvalue weighted by atomic mass is 32.2. The van der Waals surface area contributed by atoms with Crippen LogP contribution >= 0.6 is 11.8 Å². The molecule has 0 spiro atoms. The smallest absolute Gasteiger partial charge is 0.326 e. The number of aryl methyl sites for hydroxylation is 1. The third kappa shape index (κ3) is 4.72. The van der Waals surface area contributed by atoms with Crippen LogP contribution in [0.3, 0.4) is 0 Å². The van der Waals surface area contributed by atoms with E-state index < -0.39 is 12.0 Å². The van der Waals surface area contributed by atoms with E-state index in [2.05, 4.69) is 10.3 Å². The summed E-state index contributed by atoms with van der Waals surface area (Å²) in [7, 11) is 0. The number of imidazole rings is 1. The van der Waals surface area contributed by atoms with E-state index >= 15 is 0 Å². The first-order valence-electron chi connectivity index (χ1n) is 7.41. The van der Waals surface area contributed by atoms with Crippen LogP contribution in [0.15, 0.2) is 24.5 Å². The molecule has 0 aliphatic heterocycles. The van der Waals surface area contributed by atoms with E-state index in [9.17, 15) is 9.59 Å². The van der Waals surface area contributed by atoms with E-state index in [0.717, 1.165) is 16.9 Å². The highest BCUT2D eigenvalue weighted by Crippen LogP contribution is 2.14. The molecular formula is C16H21N3O3S. The van der Waals surface area contributed by atoms with E-state index in [0.29, 0.717) is 5.75 Å². The average Bonchev–Trinajstić information content (AvgIpc) is 2.85. The van der Waals surface area contributed by atoms with Crippen molar-refractivity contribution in [1.82, 2.24) is 14.7 Å². The third-order valence-electron chi connectivity index (χ3n) is 3.38. The molecule has 124 valence electrons. The summed E-state index contributed by atoms with van der Waals surface area (Å²) in [5, 5.41) is 11.6. The van der Waals surface area contributed by atoms with Crippen LogP contribution in [0.4, 0.5) is 0 Å². The molecule has 1 amide bonds. The second kappa shape index (κ2) is 7.50. The van der Waals surface area contributed by atoms with Gasteiger partial charge in [0.25, 0.3) is 0 Å². The van der Waals surface area contributed by atoms with Crippen molar-refractivity contribution in [2.75, 3.05) is 5.75 Å². The summed E-state index contributed by atoms with van der Waals surface area (Å²) in [5.74, 6) is -0.607. The Morgan fingerprint density at radius 2 is 2.09 bits per heavy atom. The maximum absolute atomic E-state index is 11.8. The van der Waals surface area contributed by atoms with Gasteiger partial charge >= 0.3 is 5.97 Å². The molecule has 0 unspecified atom stereocenters. The monoisotopic (exact) mass is 335 g/mol. The summed E-state index contributed by atoms with van der Waals surface area (Å²) in [4.78, 5) is 27.4. The van der Waals surface area contributed by atoms with E-state index in [1.54, 1.807) is 13.8 Å². The van der Waals surface area contributed by atoms with Gasteiger partial charge in [0, 0.05) is 18.1 Å². The number of fused-ring (bicyclic) bond motifs is 1. The minimum atomic E-state index is -1.01. The summed E-state index contributed by atoms with van der Waals surface area (Å²) in [6.45, 7) is 5.56. The summed E-state index contributed by atoms with van der Waals surface area (Å²) in [6.07, 6.45) is 3.95. The van der Waals surface area contributed by atoms with Gasteiger partial charge in [-0.15, -0.1) is 11.8 Å². The molecular weight excluding hydrogens is 314 g/mol. The van der Waals surface area contributed by atoms with Crippen molar-refractivity contribution in [1.29, 1.82) is 0 Å². The minimum Gasteiger partial charge on any atom is -0.480 e. The maximum atomic E-state index is 11.8. The number of carboxylic acids is 1. The average molecular weight is 335 g/mol. The van der Waals surface area contributed by atoms with Crippen LogP contribution in [0.2, 0.25) is 0 Å². The van der Waals surface area contributed by atoms with E-state index in [1.165, 1.54) is 11.8 Å². The molecule has 0 aliphatic rings. The van der Waals surface area contributed by atoms with Gasteiger partial charge in [0.1, 0.15) is 11.7 Å². The molecule has 0 aliphatic carbocycles. The number of aliphatic carboxylic acids is 1. The van der Waals surface area contributed by atoms with E-state index in [1.807, 2.05) is 35.9 Å². The topological polar surface area (TPSA) is 83.7 Å². The zero-order chi connectivity index (χ0) is 17.0.